The highest BCUT2D eigenvalue weighted by atomic mass is 79.9. The first-order chi connectivity index (χ1) is 7.63. The lowest BCUT2D eigenvalue weighted by atomic mass is 10.2. The molecule has 4 heteroatoms. The molecule has 1 N–H and O–H groups in total. The predicted molar refractivity (Wildman–Crippen MR) is 70.7 cm³/mol. The van der Waals surface area contributed by atoms with Gasteiger partial charge in [0.2, 0.25) is 0 Å². The Labute approximate surface area is 110 Å². The highest BCUT2D eigenvalue weighted by molar-refractivity contribution is 9.09. The Bertz CT molecular complexity index is 333. The van der Waals surface area contributed by atoms with Crippen molar-refractivity contribution in [3.8, 4) is 0 Å². The molecule has 0 saturated carbocycles. The maximum atomic E-state index is 13.4. The summed E-state index contributed by atoms with van der Waals surface area (Å²) in [5.41, 5.74) is 0.659. The zero-order valence-corrected chi connectivity index (χ0v) is 11.6. The Kier molecular flexibility index (Phi) is 6.32. The van der Waals surface area contributed by atoms with Gasteiger partial charge in [-0.1, -0.05) is 40.5 Å². The van der Waals surface area contributed by atoms with Crippen molar-refractivity contribution in [2.75, 3.05) is 6.54 Å². The van der Waals surface area contributed by atoms with Gasteiger partial charge < -0.3 is 5.32 Å². The van der Waals surface area contributed by atoms with E-state index < -0.39 is 0 Å². The van der Waals surface area contributed by atoms with Crippen molar-refractivity contribution in [2.24, 2.45) is 0 Å². The Hall–Kier alpha value is -0.120. The molecule has 1 unspecified atom stereocenters. The lowest BCUT2D eigenvalue weighted by Crippen LogP contribution is -2.18. The third-order valence-electron chi connectivity index (χ3n) is 2.41. The molecule has 0 fully saturated rings. The van der Waals surface area contributed by atoms with E-state index in [2.05, 4.69) is 28.2 Å². The van der Waals surface area contributed by atoms with Crippen molar-refractivity contribution in [1.29, 1.82) is 0 Å². The number of hydrogen-bond acceptors (Lipinski definition) is 1. The Morgan fingerprint density at radius 2 is 2.25 bits per heavy atom. The van der Waals surface area contributed by atoms with E-state index in [0.29, 0.717) is 22.0 Å². The summed E-state index contributed by atoms with van der Waals surface area (Å²) >= 11 is 9.23. The SMILES string of the molecule is CCC(Br)CCNCc1ccc(Cl)cc1F. The molecule has 16 heavy (non-hydrogen) atoms. The molecule has 0 bridgehead atoms. The summed E-state index contributed by atoms with van der Waals surface area (Å²) in [6.45, 7) is 3.57. The molecular weight excluding hydrogens is 292 g/mol. The van der Waals surface area contributed by atoms with Crippen molar-refractivity contribution in [3.63, 3.8) is 0 Å². The fourth-order valence-corrected chi connectivity index (χ4v) is 1.74. The summed E-state index contributed by atoms with van der Waals surface area (Å²) in [5, 5.41) is 3.65. The fraction of sp³-hybridized carbons (Fsp3) is 0.500. The van der Waals surface area contributed by atoms with Crippen LogP contribution in [0.15, 0.2) is 18.2 Å². The van der Waals surface area contributed by atoms with E-state index >= 15 is 0 Å². The fourth-order valence-electron chi connectivity index (χ4n) is 1.35. The molecule has 0 aromatic heterocycles. The molecule has 1 aromatic carbocycles. The van der Waals surface area contributed by atoms with Crippen LogP contribution in [0, 0.1) is 5.82 Å². The maximum absolute atomic E-state index is 13.4. The highest BCUT2D eigenvalue weighted by Crippen LogP contribution is 2.14. The van der Waals surface area contributed by atoms with Crippen molar-refractivity contribution in [2.45, 2.75) is 31.1 Å². The predicted octanol–water partition coefficient (Wildman–Crippen LogP) is 4.13. The highest BCUT2D eigenvalue weighted by Gasteiger charge is 2.03. The molecule has 0 aliphatic heterocycles. The summed E-state index contributed by atoms with van der Waals surface area (Å²) in [6.07, 6.45) is 2.16. The van der Waals surface area contributed by atoms with E-state index in [0.717, 1.165) is 19.4 Å². The molecule has 0 radical (unpaired) electrons. The van der Waals surface area contributed by atoms with Gasteiger partial charge in [0.15, 0.2) is 0 Å². The molecule has 0 heterocycles. The molecule has 0 aliphatic rings. The number of halogens is 3. The summed E-state index contributed by atoms with van der Waals surface area (Å²) in [7, 11) is 0. The van der Waals surface area contributed by atoms with Gasteiger partial charge in [-0.05, 0) is 31.5 Å². The molecule has 1 rings (SSSR count). The molecule has 0 spiro atoms. The maximum Gasteiger partial charge on any atom is 0.129 e. The van der Waals surface area contributed by atoms with Gasteiger partial charge in [-0.2, -0.15) is 0 Å². The van der Waals surface area contributed by atoms with Crippen LogP contribution in [-0.2, 0) is 6.54 Å². The second kappa shape index (κ2) is 7.25. The lowest BCUT2D eigenvalue weighted by Gasteiger charge is -2.08. The van der Waals surface area contributed by atoms with E-state index in [9.17, 15) is 4.39 Å². The van der Waals surface area contributed by atoms with Crippen LogP contribution in [0.5, 0.6) is 0 Å². The summed E-state index contributed by atoms with van der Waals surface area (Å²) in [4.78, 5) is 0.537. The first kappa shape index (κ1) is 13.9. The van der Waals surface area contributed by atoms with Gasteiger partial charge in [0.05, 0.1) is 0 Å². The van der Waals surface area contributed by atoms with Crippen molar-refractivity contribution < 1.29 is 4.39 Å². The van der Waals surface area contributed by atoms with Gasteiger partial charge in [-0.25, -0.2) is 4.39 Å². The lowest BCUT2D eigenvalue weighted by molar-refractivity contribution is 0.578. The van der Waals surface area contributed by atoms with Crippen LogP contribution in [-0.4, -0.2) is 11.4 Å². The first-order valence-corrected chi connectivity index (χ1v) is 6.71. The molecule has 1 atom stereocenters. The van der Waals surface area contributed by atoms with E-state index in [1.165, 1.54) is 6.07 Å². The van der Waals surface area contributed by atoms with Crippen molar-refractivity contribution in [3.05, 3.63) is 34.6 Å². The van der Waals surface area contributed by atoms with E-state index in [1.54, 1.807) is 12.1 Å². The third kappa shape index (κ3) is 4.81. The van der Waals surface area contributed by atoms with Crippen LogP contribution in [0.2, 0.25) is 5.02 Å². The topological polar surface area (TPSA) is 12.0 Å². The summed E-state index contributed by atoms with van der Waals surface area (Å²) < 4.78 is 13.4. The largest absolute Gasteiger partial charge is 0.313 e. The van der Waals surface area contributed by atoms with Gasteiger partial charge in [0.25, 0.3) is 0 Å². The Balaban J connectivity index is 2.32. The number of rotatable bonds is 6. The average Bonchev–Trinajstić information content (AvgIpc) is 2.26. The van der Waals surface area contributed by atoms with E-state index in [-0.39, 0.29) is 5.82 Å². The van der Waals surface area contributed by atoms with Gasteiger partial charge in [-0.3, -0.25) is 0 Å². The average molecular weight is 309 g/mol. The van der Waals surface area contributed by atoms with Gasteiger partial charge in [0, 0.05) is 22.0 Å². The second-order valence-electron chi connectivity index (χ2n) is 3.71. The van der Waals surface area contributed by atoms with Crippen LogP contribution < -0.4 is 5.32 Å². The van der Waals surface area contributed by atoms with Crippen LogP contribution in [0.3, 0.4) is 0 Å². The van der Waals surface area contributed by atoms with Gasteiger partial charge >= 0.3 is 0 Å². The third-order valence-corrected chi connectivity index (χ3v) is 3.75. The van der Waals surface area contributed by atoms with Crippen molar-refractivity contribution in [1.82, 2.24) is 5.32 Å². The molecule has 1 nitrogen and oxygen atoms in total. The Morgan fingerprint density at radius 3 is 2.88 bits per heavy atom. The minimum atomic E-state index is -0.245. The van der Waals surface area contributed by atoms with Gasteiger partial charge in [0.1, 0.15) is 5.82 Å². The molecule has 0 aliphatic carbocycles. The number of hydrogen-bond donors (Lipinski definition) is 1. The monoisotopic (exact) mass is 307 g/mol. The first-order valence-electron chi connectivity index (χ1n) is 5.42. The molecule has 0 amide bonds. The zero-order valence-electron chi connectivity index (χ0n) is 9.27. The van der Waals surface area contributed by atoms with Crippen LogP contribution >= 0.6 is 27.5 Å². The standard InChI is InChI=1S/C12H16BrClFN/c1-2-10(13)5-6-16-8-9-3-4-11(14)7-12(9)15/h3-4,7,10,16H,2,5-6,8H2,1H3. The van der Waals surface area contributed by atoms with Crippen LogP contribution in [0.25, 0.3) is 0 Å². The van der Waals surface area contributed by atoms with E-state index in [1.807, 2.05) is 0 Å². The number of benzene rings is 1. The minimum absolute atomic E-state index is 0.245. The summed E-state index contributed by atoms with van der Waals surface area (Å²) in [5.74, 6) is -0.245. The number of nitrogens with one attached hydrogen (secondary N) is 1. The molecule has 1 aromatic rings. The van der Waals surface area contributed by atoms with Crippen LogP contribution in [0.1, 0.15) is 25.3 Å². The molecule has 0 saturated heterocycles. The Morgan fingerprint density at radius 1 is 1.50 bits per heavy atom. The zero-order chi connectivity index (χ0) is 12.0. The van der Waals surface area contributed by atoms with E-state index in [4.69, 9.17) is 11.6 Å². The minimum Gasteiger partial charge on any atom is -0.313 e. The normalized spacial score (nSPS) is 12.8. The molecule has 90 valence electrons. The van der Waals surface area contributed by atoms with Crippen LogP contribution in [0.4, 0.5) is 4.39 Å². The smallest absolute Gasteiger partial charge is 0.129 e. The molecular formula is C12H16BrClFN. The van der Waals surface area contributed by atoms with Gasteiger partial charge in [-0.15, -0.1) is 0 Å². The summed E-state index contributed by atoms with van der Waals surface area (Å²) in [6, 6.07) is 4.77. The van der Waals surface area contributed by atoms with Crippen molar-refractivity contribution >= 4 is 27.5 Å². The quantitative estimate of drug-likeness (QED) is 0.615. The second-order valence-corrected chi connectivity index (χ2v) is 5.44. The number of alkyl halides is 1.